The van der Waals surface area contributed by atoms with E-state index < -0.39 is 0 Å². The third-order valence-corrected chi connectivity index (χ3v) is 4.27. The van der Waals surface area contributed by atoms with Crippen LogP contribution in [-0.4, -0.2) is 39.1 Å². The Balaban J connectivity index is 2.08. The normalized spacial score (nSPS) is 17.0. The highest BCUT2D eigenvalue weighted by Crippen LogP contribution is 2.39. The predicted octanol–water partition coefficient (Wildman–Crippen LogP) is 2.92. The number of anilines is 1. The zero-order valence-electron chi connectivity index (χ0n) is 13.7. The third-order valence-electron chi connectivity index (χ3n) is 4.27. The van der Waals surface area contributed by atoms with Gasteiger partial charge in [0.15, 0.2) is 11.5 Å². The van der Waals surface area contributed by atoms with Gasteiger partial charge < -0.3 is 19.3 Å². The van der Waals surface area contributed by atoms with Crippen LogP contribution in [0.4, 0.5) is 5.69 Å². The molecule has 5 heteroatoms. The van der Waals surface area contributed by atoms with Crippen molar-refractivity contribution >= 4 is 11.6 Å². The van der Waals surface area contributed by atoms with Gasteiger partial charge in [0.05, 0.1) is 25.5 Å². The van der Waals surface area contributed by atoms with Crippen molar-refractivity contribution in [2.24, 2.45) is 0 Å². The number of hydrogen-bond donors (Lipinski definition) is 0. The van der Waals surface area contributed by atoms with E-state index in [1.807, 2.05) is 56.6 Å². The molecule has 2 aromatic rings. The lowest BCUT2D eigenvalue weighted by molar-refractivity contribution is 0.0711. The monoisotopic (exact) mass is 312 g/mol. The lowest BCUT2D eigenvalue weighted by Crippen LogP contribution is -2.45. The molecule has 0 aliphatic carbocycles. The summed E-state index contributed by atoms with van der Waals surface area (Å²) in [6.07, 6.45) is -0.197. The zero-order chi connectivity index (χ0) is 16.6. The van der Waals surface area contributed by atoms with E-state index in [9.17, 15) is 4.79 Å². The fraction of sp³-hybridized carbons (Fsp3) is 0.278. The summed E-state index contributed by atoms with van der Waals surface area (Å²) in [5.41, 5.74) is 2.61. The number of nitrogens with zero attached hydrogens (tertiary/aromatic N) is 2. The Morgan fingerprint density at radius 1 is 0.913 bits per heavy atom. The topological polar surface area (TPSA) is 42.0 Å². The summed E-state index contributed by atoms with van der Waals surface area (Å²) in [6, 6.07) is 13.4. The van der Waals surface area contributed by atoms with E-state index in [4.69, 9.17) is 9.47 Å². The maximum atomic E-state index is 12.7. The smallest absolute Gasteiger partial charge is 0.257 e. The van der Waals surface area contributed by atoms with E-state index in [1.54, 1.807) is 19.1 Å². The van der Waals surface area contributed by atoms with Crippen LogP contribution in [-0.2, 0) is 0 Å². The van der Waals surface area contributed by atoms with Gasteiger partial charge in [-0.2, -0.15) is 0 Å². The highest BCUT2D eigenvalue weighted by Gasteiger charge is 2.34. The lowest BCUT2D eigenvalue weighted by Gasteiger charge is -2.42. The number of fused-ring (bicyclic) bond motifs is 1. The number of benzene rings is 2. The molecule has 0 radical (unpaired) electrons. The summed E-state index contributed by atoms with van der Waals surface area (Å²) in [6.45, 7) is 0. The number of para-hydroxylation sites is 1. The molecule has 1 amide bonds. The number of carbonyl (C=O) groups is 1. The molecule has 0 fully saturated rings. The van der Waals surface area contributed by atoms with E-state index in [1.165, 1.54) is 0 Å². The number of amides is 1. The van der Waals surface area contributed by atoms with E-state index in [2.05, 4.69) is 4.90 Å². The highest BCUT2D eigenvalue weighted by molar-refractivity contribution is 6.01. The van der Waals surface area contributed by atoms with Crippen LogP contribution in [0.25, 0.3) is 0 Å². The molecule has 0 spiro atoms. The van der Waals surface area contributed by atoms with Crippen LogP contribution in [0, 0.1) is 0 Å². The van der Waals surface area contributed by atoms with Crippen LogP contribution in [0.5, 0.6) is 11.5 Å². The third kappa shape index (κ3) is 2.38. The summed E-state index contributed by atoms with van der Waals surface area (Å²) in [5, 5.41) is 0. The molecule has 1 aliphatic heterocycles. The van der Waals surface area contributed by atoms with Gasteiger partial charge in [0.2, 0.25) is 0 Å². The maximum absolute atomic E-state index is 12.7. The summed E-state index contributed by atoms with van der Waals surface area (Å²) < 4.78 is 10.7. The molecular weight excluding hydrogens is 292 g/mol. The fourth-order valence-corrected chi connectivity index (χ4v) is 3.12. The molecule has 0 N–H and O–H groups in total. The Morgan fingerprint density at radius 3 is 2.30 bits per heavy atom. The largest absolute Gasteiger partial charge is 0.493 e. The molecule has 3 rings (SSSR count). The van der Waals surface area contributed by atoms with Gasteiger partial charge in [-0.15, -0.1) is 0 Å². The summed E-state index contributed by atoms with van der Waals surface area (Å²) >= 11 is 0. The van der Waals surface area contributed by atoms with Gasteiger partial charge in [0, 0.05) is 14.1 Å². The zero-order valence-corrected chi connectivity index (χ0v) is 13.7. The first-order valence-electron chi connectivity index (χ1n) is 7.39. The molecule has 5 nitrogen and oxygen atoms in total. The molecule has 2 aromatic carbocycles. The second kappa shape index (κ2) is 5.83. The molecule has 1 atom stereocenters. The Hall–Kier alpha value is -2.69. The van der Waals surface area contributed by atoms with Crippen molar-refractivity contribution in [3.05, 3.63) is 53.6 Å². The van der Waals surface area contributed by atoms with Crippen LogP contribution >= 0.6 is 0 Å². The highest BCUT2D eigenvalue weighted by atomic mass is 16.5. The fourth-order valence-electron chi connectivity index (χ4n) is 3.12. The van der Waals surface area contributed by atoms with Crippen molar-refractivity contribution in [1.82, 2.24) is 4.90 Å². The van der Waals surface area contributed by atoms with E-state index in [0.29, 0.717) is 17.1 Å². The first-order valence-corrected chi connectivity index (χ1v) is 7.39. The van der Waals surface area contributed by atoms with Gasteiger partial charge in [-0.3, -0.25) is 4.79 Å². The molecule has 0 aromatic heterocycles. The molecule has 1 aliphatic rings. The molecule has 0 saturated heterocycles. The molecule has 1 unspecified atom stereocenters. The van der Waals surface area contributed by atoms with Crippen LogP contribution in [0.2, 0.25) is 0 Å². The van der Waals surface area contributed by atoms with Gasteiger partial charge in [-0.05, 0) is 29.8 Å². The van der Waals surface area contributed by atoms with Crippen molar-refractivity contribution in [2.45, 2.75) is 6.17 Å². The first kappa shape index (κ1) is 15.2. The van der Waals surface area contributed by atoms with Crippen molar-refractivity contribution in [3.63, 3.8) is 0 Å². The van der Waals surface area contributed by atoms with Crippen molar-refractivity contribution in [3.8, 4) is 11.5 Å². The van der Waals surface area contributed by atoms with Crippen LogP contribution in [0.1, 0.15) is 22.1 Å². The van der Waals surface area contributed by atoms with Crippen molar-refractivity contribution in [2.75, 3.05) is 33.2 Å². The minimum Gasteiger partial charge on any atom is -0.493 e. The van der Waals surface area contributed by atoms with Gasteiger partial charge in [-0.1, -0.05) is 18.2 Å². The number of hydrogen-bond acceptors (Lipinski definition) is 4. The Morgan fingerprint density at radius 2 is 1.61 bits per heavy atom. The van der Waals surface area contributed by atoms with Gasteiger partial charge in [-0.25, -0.2) is 0 Å². The number of ether oxygens (including phenoxy) is 2. The van der Waals surface area contributed by atoms with Crippen molar-refractivity contribution < 1.29 is 14.3 Å². The second-order valence-electron chi connectivity index (χ2n) is 5.53. The lowest BCUT2D eigenvalue weighted by atomic mass is 10.0. The number of carbonyl (C=O) groups excluding carboxylic acids is 1. The summed E-state index contributed by atoms with van der Waals surface area (Å²) in [4.78, 5) is 16.5. The van der Waals surface area contributed by atoms with Gasteiger partial charge in [0.25, 0.3) is 5.91 Å². The van der Waals surface area contributed by atoms with E-state index in [-0.39, 0.29) is 12.1 Å². The Bertz CT molecular complexity index is 745. The van der Waals surface area contributed by atoms with Crippen LogP contribution < -0.4 is 14.4 Å². The van der Waals surface area contributed by atoms with E-state index in [0.717, 1.165) is 11.3 Å². The molecule has 1 heterocycles. The predicted molar refractivity (Wildman–Crippen MR) is 89.2 cm³/mol. The minimum atomic E-state index is -0.197. The quantitative estimate of drug-likeness (QED) is 0.874. The molecule has 23 heavy (non-hydrogen) atoms. The minimum absolute atomic E-state index is 0.0125. The van der Waals surface area contributed by atoms with Crippen molar-refractivity contribution in [1.29, 1.82) is 0 Å². The summed E-state index contributed by atoms with van der Waals surface area (Å²) in [7, 11) is 7.02. The molecule has 0 saturated carbocycles. The van der Waals surface area contributed by atoms with Crippen LogP contribution in [0.15, 0.2) is 42.5 Å². The molecule has 120 valence electrons. The average molecular weight is 312 g/mol. The second-order valence-corrected chi connectivity index (χ2v) is 5.53. The Kier molecular flexibility index (Phi) is 3.86. The number of methoxy groups -OCH3 is 2. The molecule has 0 bridgehead atoms. The number of rotatable bonds is 3. The SMILES string of the molecule is COc1ccc(C2N(C)C(=O)c3ccccc3N2C)cc1OC. The van der Waals surface area contributed by atoms with Gasteiger partial charge >= 0.3 is 0 Å². The van der Waals surface area contributed by atoms with Gasteiger partial charge in [0.1, 0.15) is 6.17 Å². The van der Waals surface area contributed by atoms with E-state index >= 15 is 0 Å². The molecular formula is C18H20N2O3. The Labute approximate surface area is 136 Å². The maximum Gasteiger partial charge on any atom is 0.257 e. The summed E-state index contributed by atoms with van der Waals surface area (Å²) in [5.74, 6) is 1.33. The first-order chi connectivity index (χ1) is 11.1. The van der Waals surface area contributed by atoms with Crippen LogP contribution in [0.3, 0.4) is 0 Å². The standard InChI is InChI=1S/C18H20N2O3/c1-19-14-8-6-5-7-13(14)18(21)20(2)17(19)12-9-10-15(22-3)16(11-12)23-4/h5-11,17H,1-4H3. The average Bonchev–Trinajstić information content (AvgIpc) is 2.59.